The highest BCUT2D eigenvalue weighted by molar-refractivity contribution is 6.02. The molecule has 27 heavy (non-hydrogen) atoms. The van der Waals surface area contributed by atoms with E-state index in [1.165, 1.54) is 6.92 Å². The molecule has 0 fully saturated rings. The van der Waals surface area contributed by atoms with Crippen LogP contribution in [0.2, 0.25) is 0 Å². The number of rotatable bonds is 7. The number of hydrogen-bond acceptors (Lipinski definition) is 6. The van der Waals surface area contributed by atoms with Crippen molar-refractivity contribution in [2.24, 2.45) is 0 Å². The Hall–Kier alpha value is -3.75. The van der Waals surface area contributed by atoms with Crippen LogP contribution in [0.5, 0.6) is 5.75 Å². The van der Waals surface area contributed by atoms with Gasteiger partial charge < -0.3 is 15.4 Å². The van der Waals surface area contributed by atoms with Gasteiger partial charge in [-0.15, -0.1) is 10.2 Å². The highest BCUT2D eigenvalue weighted by Gasteiger charge is 2.09. The van der Waals surface area contributed by atoms with Crippen LogP contribution in [0.25, 0.3) is 5.82 Å². The lowest BCUT2D eigenvalue weighted by molar-refractivity contribution is -0.119. The molecule has 0 radical (unpaired) electrons. The SMILES string of the molecule is CC(=O)NCCOc1ccc(NC(=O)c2ccc(-n3ccnc3)nn2)cc1. The van der Waals surface area contributed by atoms with E-state index in [1.54, 1.807) is 59.7 Å². The summed E-state index contributed by atoms with van der Waals surface area (Å²) >= 11 is 0. The molecule has 0 unspecified atom stereocenters. The topological polar surface area (TPSA) is 111 Å². The van der Waals surface area contributed by atoms with Crippen molar-refractivity contribution in [2.45, 2.75) is 6.92 Å². The van der Waals surface area contributed by atoms with Gasteiger partial charge in [0.1, 0.15) is 18.7 Å². The van der Waals surface area contributed by atoms with Crippen LogP contribution in [-0.2, 0) is 4.79 Å². The molecule has 2 N–H and O–H groups in total. The van der Waals surface area contributed by atoms with E-state index in [-0.39, 0.29) is 17.5 Å². The zero-order valence-electron chi connectivity index (χ0n) is 14.6. The normalized spacial score (nSPS) is 10.3. The molecule has 9 heteroatoms. The molecular weight excluding hydrogens is 348 g/mol. The van der Waals surface area contributed by atoms with Gasteiger partial charge >= 0.3 is 0 Å². The van der Waals surface area contributed by atoms with E-state index in [0.29, 0.717) is 30.4 Å². The number of carbonyl (C=O) groups is 2. The van der Waals surface area contributed by atoms with Crippen molar-refractivity contribution < 1.29 is 14.3 Å². The van der Waals surface area contributed by atoms with Gasteiger partial charge in [-0.2, -0.15) is 0 Å². The van der Waals surface area contributed by atoms with Crippen LogP contribution < -0.4 is 15.4 Å². The molecule has 2 aromatic heterocycles. The molecule has 9 nitrogen and oxygen atoms in total. The van der Waals surface area contributed by atoms with Gasteiger partial charge in [0.2, 0.25) is 5.91 Å². The van der Waals surface area contributed by atoms with Gasteiger partial charge in [0.05, 0.1) is 6.54 Å². The average Bonchev–Trinajstić information content (AvgIpc) is 3.21. The number of nitrogens with zero attached hydrogens (tertiary/aromatic N) is 4. The monoisotopic (exact) mass is 366 g/mol. The fourth-order valence-corrected chi connectivity index (χ4v) is 2.20. The molecule has 0 aliphatic carbocycles. The summed E-state index contributed by atoms with van der Waals surface area (Å²) in [5, 5.41) is 13.4. The van der Waals surface area contributed by atoms with Crippen molar-refractivity contribution in [3.8, 4) is 11.6 Å². The third-order valence-corrected chi connectivity index (χ3v) is 3.51. The fourth-order valence-electron chi connectivity index (χ4n) is 2.20. The quantitative estimate of drug-likeness (QED) is 0.612. The first-order valence-electron chi connectivity index (χ1n) is 8.22. The summed E-state index contributed by atoms with van der Waals surface area (Å²) in [6.45, 7) is 2.25. The molecule has 0 atom stereocenters. The summed E-state index contributed by atoms with van der Waals surface area (Å²) in [6.07, 6.45) is 4.97. The summed E-state index contributed by atoms with van der Waals surface area (Å²) in [5.74, 6) is 0.754. The zero-order valence-corrected chi connectivity index (χ0v) is 14.6. The van der Waals surface area contributed by atoms with Gasteiger partial charge in [-0.1, -0.05) is 0 Å². The van der Waals surface area contributed by atoms with Gasteiger partial charge in [0.15, 0.2) is 11.5 Å². The lowest BCUT2D eigenvalue weighted by Gasteiger charge is -2.08. The standard InChI is InChI=1S/C18H18N6O3/c1-13(25)20-9-11-27-15-4-2-14(3-5-15)21-18(26)16-6-7-17(23-22-16)24-10-8-19-12-24/h2-8,10,12H,9,11H2,1H3,(H,20,25)(H,21,26). The molecule has 3 aromatic rings. The Morgan fingerprint density at radius 2 is 1.93 bits per heavy atom. The molecule has 0 aliphatic heterocycles. The molecule has 2 amide bonds. The van der Waals surface area contributed by atoms with Crippen LogP contribution in [0, 0.1) is 0 Å². The predicted octanol–water partition coefficient (Wildman–Crippen LogP) is 1.43. The average molecular weight is 366 g/mol. The van der Waals surface area contributed by atoms with Crippen LogP contribution in [0.4, 0.5) is 5.69 Å². The number of anilines is 1. The number of benzene rings is 1. The minimum Gasteiger partial charge on any atom is -0.492 e. The molecule has 1 aromatic carbocycles. The maximum atomic E-state index is 12.3. The second-order valence-electron chi connectivity index (χ2n) is 5.56. The third-order valence-electron chi connectivity index (χ3n) is 3.51. The minimum atomic E-state index is -0.362. The maximum absolute atomic E-state index is 12.3. The number of aromatic nitrogens is 4. The van der Waals surface area contributed by atoms with Crippen molar-refractivity contribution >= 4 is 17.5 Å². The van der Waals surface area contributed by atoms with Crippen molar-refractivity contribution in [1.82, 2.24) is 25.1 Å². The Labute approximate surface area is 155 Å². The van der Waals surface area contributed by atoms with Crippen LogP contribution in [0.1, 0.15) is 17.4 Å². The second kappa shape index (κ2) is 8.56. The smallest absolute Gasteiger partial charge is 0.276 e. The highest BCUT2D eigenvalue weighted by atomic mass is 16.5. The van der Waals surface area contributed by atoms with Crippen LogP contribution in [0.3, 0.4) is 0 Å². The number of nitrogens with one attached hydrogen (secondary N) is 2. The molecule has 0 bridgehead atoms. The first kappa shape index (κ1) is 18.1. The van der Waals surface area contributed by atoms with Crippen LogP contribution >= 0.6 is 0 Å². The fraction of sp³-hybridized carbons (Fsp3) is 0.167. The van der Waals surface area contributed by atoms with Gasteiger partial charge in [-0.05, 0) is 36.4 Å². The Kier molecular flexibility index (Phi) is 5.73. The summed E-state index contributed by atoms with van der Waals surface area (Å²) in [7, 11) is 0. The maximum Gasteiger partial charge on any atom is 0.276 e. The molecule has 2 heterocycles. The largest absolute Gasteiger partial charge is 0.492 e. The Morgan fingerprint density at radius 3 is 2.56 bits per heavy atom. The van der Waals surface area contributed by atoms with E-state index in [4.69, 9.17) is 4.74 Å². The van der Waals surface area contributed by atoms with E-state index < -0.39 is 0 Å². The van der Waals surface area contributed by atoms with Crippen LogP contribution in [0.15, 0.2) is 55.1 Å². The van der Waals surface area contributed by atoms with Crippen LogP contribution in [-0.4, -0.2) is 44.7 Å². The summed E-state index contributed by atoms with van der Waals surface area (Å²) in [4.78, 5) is 27.0. The number of ether oxygens (including phenoxy) is 1. The Balaban J connectivity index is 1.53. The van der Waals surface area contributed by atoms with E-state index in [2.05, 4.69) is 25.8 Å². The first-order valence-corrected chi connectivity index (χ1v) is 8.22. The van der Waals surface area contributed by atoms with Gasteiger partial charge in [-0.25, -0.2) is 4.98 Å². The number of carbonyl (C=O) groups excluding carboxylic acids is 2. The van der Waals surface area contributed by atoms with Gasteiger partial charge in [0, 0.05) is 25.0 Å². The predicted molar refractivity (Wildman–Crippen MR) is 97.7 cm³/mol. The zero-order chi connectivity index (χ0) is 19.1. The van der Waals surface area contributed by atoms with E-state index in [0.717, 1.165) is 0 Å². The van der Waals surface area contributed by atoms with Crippen molar-refractivity contribution in [2.75, 3.05) is 18.5 Å². The number of imidazole rings is 1. The Morgan fingerprint density at radius 1 is 1.11 bits per heavy atom. The van der Waals surface area contributed by atoms with E-state index in [1.807, 2.05) is 0 Å². The van der Waals surface area contributed by atoms with Crippen molar-refractivity contribution in [3.05, 3.63) is 60.8 Å². The molecule has 0 saturated heterocycles. The minimum absolute atomic E-state index is 0.0992. The summed E-state index contributed by atoms with van der Waals surface area (Å²) < 4.78 is 7.19. The molecule has 0 spiro atoms. The van der Waals surface area contributed by atoms with Gasteiger partial charge in [0.25, 0.3) is 5.91 Å². The Bertz CT molecular complexity index is 892. The van der Waals surface area contributed by atoms with E-state index >= 15 is 0 Å². The van der Waals surface area contributed by atoms with Crippen molar-refractivity contribution in [1.29, 1.82) is 0 Å². The summed E-state index contributed by atoms with van der Waals surface area (Å²) in [6, 6.07) is 10.2. The molecular formula is C18H18N6O3. The lowest BCUT2D eigenvalue weighted by atomic mass is 10.3. The third kappa shape index (κ3) is 5.11. The van der Waals surface area contributed by atoms with Gasteiger partial charge in [-0.3, -0.25) is 14.2 Å². The van der Waals surface area contributed by atoms with E-state index in [9.17, 15) is 9.59 Å². The highest BCUT2D eigenvalue weighted by Crippen LogP contribution is 2.16. The molecule has 3 rings (SSSR count). The molecule has 0 saturated carbocycles. The lowest BCUT2D eigenvalue weighted by Crippen LogP contribution is -2.25. The second-order valence-corrected chi connectivity index (χ2v) is 5.56. The first-order chi connectivity index (χ1) is 13.1. The summed E-state index contributed by atoms with van der Waals surface area (Å²) in [5.41, 5.74) is 0.809. The number of hydrogen-bond donors (Lipinski definition) is 2. The molecule has 0 aliphatic rings. The number of amides is 2. The van der Waals surface area contributed by atoms with Crippen molar-refractivity contribution in [3.63, 3.8) is 0 Å². The molecule has 138 valence electrons.